The summed E-state index contributed by atoms with van der Waals surface area (Å²) in [5.74, 6) is 0.0239. The first-order valence-electron chi connectivity index (χ1n) is 12.5. The number of ether oxygens (including phenoxy) is 1. The molecule has 0 atom stereocenters. The monoisotopic (exact) mass is 618 g/mol. The highest BCUT2D eigenvalue weighted by Crippen LogP contribution is 2.36. The zero-order chi connectivity index (χ0) is 30.2. The van der Waals surface area contributed by atoms with E-state index in [1.165, 1.54) is 19.2 Å². The van der Waals surface area contributed by atoms with Crippen LogP contribution >= 0.6 is 23.2 Å². The Hall–Kier alpha value is -4.41. The number of nitrogens with zero attached hydrogens (tertiary/aromatic N) is 6. The molecule has 1 amide bonds. The molecule has 218 valence electrons. The van der Waals surface area contributed by atoms with E-state index in [0.29, 0.717) is 25.0 Å². The normalized spacial score (nSPS) is 13.5. The molecule has 0 saturated carbocycles. The van der Waals surface area contributed by atoms with Crippen molar-refractivity contribution < 1.29 is 22.7 Å². The predicted molar refractivity (Wildman–Crippen MR) is 153 cm³/mol. The van der Waals surface area contributed by atoms with Crippen LogP contribution in [0.1, 0.15) is 11.3 Å². The number of hydrogen-bond donors (Lipinski definition) is 2. The Balaban J connectivity index is 1.57. The van der Waals surface area contributed by atoms with Gasteiger partial charge in [0.2, 0.25) is 5.91 Å². The lowest BCUT2D eigenvalue weighted by molar-refractivity contribution is -0.142. The van der Waals surface area contributed by atoms with Crippen molar-refractivity contribution in [3.05, 3.63) is 70.0 Å². The van der Waals surface area contributed by atoms with Crippen molar-refractivity contribution >= 4 is 57.6 Å². The predicted octanol–water partition coefficient (Wildman–Crippen LogP) is 5.25. The number of nitrogens with two attached hydrogens (primary N) is 1. The molecule has 0 unspecified atom stereocenters. The molecule has 15 heteroatoms. The number of amides is 1. The molecule has 0 bridgehead atoms. The quantitative estimate of drug-likeness (QED) is 0.257. The van der Waals surface area contributed by atoms with Gasteiger partial charge in [0, 0.05) is 25.7 Å². The maximum absolute atomic E-state index is 13.9. The minimum absolute atomic E-state index is 0.0983. The van der Waals surface area contributed by atoms with Crippen LogP contribution in [0.15, 0.2) is 48.7 Å². The third kappa shape index (κ3) is 5.95. The number of alkyl halides is 3. The maximum atomic E-state index is 13.9. The average Bonchev–Trinajstić information content (AvgIpc) is 3.36. The van der Waals surface area contributed by atoms with Gasteiger partial charge in [0.25, 0.3) is 0 Å². The number of carbonyl (C=O) groups excluding carboxylic acids is 1. The van der Waals surface area contributed by atoms with Crippen LogP contribution < -0.4 is 25.6 Å². The third-order valence-electron chi connectivity index (χ3n) is 6.69. The van der Waals surface area contributed by atoms with E-state index >= 15 is 0 Å². The molecule has 3 N–H and O–H groups in total. The van der Waals surface area contributed by atoms with Gasteiger partial charge in [0.05, 0.1) is 58.9 Å². The minimum atomic E-state index is -4.74. The number of hydrogen-bond acceptors (Lipinski definition) is 8. The lowest BCUT2D eigenvalue weighted by Gasteiger charge is -2.37. The number of rotatable bonds is 8. The lowest BCUT2D eigenvalue weighted by Crippen LogP contribution is -2.46. The Kier molecular flexibility index (Phi) is 7.94. The standard InChI is InChI=1S/C27H23Cl2F3N8O2/c1-42-17-4-2-15(3-5-17)11-38(14-25(41)36-21-7-19(29)18(28)6-20(21)34)22-8-24(39-12-16(9-33)13-39)37-40-23(27(30,31)32)10-35-26(22)40/h2-8,10,16H,11-14,34H2,1H3,(H,36,41). The van der Waals surface area contributed by atoms with Crippen molar-refractivity contribution in [2.24, 2.45) is 5.92 Å². The van der Waals surface area contributed by atoms with Gasteiger partial charge in [0.1, 0.15) is 5.75 Å². The van der Waals surface area contributed by atoms with Gasteiger partial charge in [-0.2, -0.15) is 18.4 Å². The Bertz CT molecular complexity index is 1680. The fourth-order valence-electron chi connectivity index (χ4n) is 4.48. The number of imidazole rings is 1. The number of anilines is 4. The molecule has 2 aromatic carbocycles. The summed E-state index contributed by atoms with van der Waals surface area (Å²) in [5, 5.41) is 16.5. The van der Waals surface area contributed by atoms with E-state index in [4.69, 9.17) is 33.7 Å². The second-order valence-electron chi connectivity index (χ2n) is 9.60. The molecule has 1 fully saturated rings. The zero-order valence-corrected chi connectivity index (χ0v) is 23.5. The van der Waals surface area contributed by atoms with Crippen LogP contribution in [0.25, 0.3) is 5.65 Å². The molecule has 2 aromatic heterocycles. The van der Waals surface area contributed by atoms with Gasteiger partial charge in [-0.25, -0.2) is 9.50 Å². The van der Waals surface area contributed by atoms with E-state index in [9.17, 15) is 23.2 Å². The fraction of sp³-hybridized carbons (Fsp3) is 0.259. The van der Waals surface area contributed by atoms with E-state index in [2.05, 4.69) is 21.5 Å². The fourth-order valence-corrected chi connectivity index (χ4v) is 4.81. The number of halogens is 5. The van der Waals surface area contributed by atoms with Gasteiger partial charge in [0.15, 0.2) is 17.2 Å². The summed E-state index contributed by atoms with van der Waals surface area (Å²) < 4.78 is 47.7. The molecular formula is C27H23Cl2F3N8O2. The number of nitriles is 1. The van der Waals surface area contributed by atoms with Gasteiger partial charge in [-0.3, -0.25) is 4.79 Å². The van der Waals surface area contributed by atoms with E-state index in [1.54, 1.807) is 40.1 Å². The van der Waals surface area contributed by atoms with Crippen molar-refractivity contribution in [1.29, 1.82) is 5.26 Å². The Morgan fingerprint density at radius 1 is 1.21 bits per heavy atom. The first kappa shape index (κ1) is 29.1. The van der Waals surface area contributed by atoms with Crippen molar-refractivity contribution in [1.82, 2.24) is 14.6 Å². The summed E-state index contributed by atoms with van der Waals surface area (Å²) in [4.78, 5) is 20.6. The van der Waals surface area contributed by atoms with Crippen LogP contribution in [0.5, 0.6) is 5.75 Å². The highest BCUT2D eigenvalue weighted by molar-refractivity contribution is 6.42. The smallest absolute Gasteiger partial charge is 0.435 e. The molecule has 0 radical (unpaired) electrons. The number of aromatic nitrogens is 3. The van der Waals surface area contributed by atoms with Crippen LogP contribution in [-0.2, 0) is 17.5 Å². The van der Waals surface area contributed by atoms with E-state index < -0.39 is 17.8 Å². The van der Waals surface area contributed by atoms with Crippen LogP contribution in [0, 0.1) is 17.2 Å². The van der Waals surface area contributed by atoms with Crippen molar-refractivity contribution in [2.75, 3.05) is 47.6 Å². The van der Waals surface area contributed by atoms with Gasteiger partial charge in [-0.15, -0.1) is 5.10 Å². The second-order valence-corrected chi connectivity index (χ2v) is 10.4. The van der Waals surface area contributed by atoms with Crippen LogP contribution in [0.3, 0.4) is 0 Å². The highest BCUT2D eigenvalue weighted by atomic mass is 35.5. The Morgan fingerprint density at radius 3 is 2.55 bits per heavy atom. The summed E-state index contributed by atoms with van der Waals surface area (Å²) in [7, 11) is 1.53. The zero-order valence-electron chi connectivity index (χ0n) is 22.0. The third-order valence-corrected chi connectivity index (χ3v) is 7.41. The van der Waals surface area contributed by atoms with Crippen LogP contribution in [-0.4, -0.2) is 47.2 Å². The molecule has 4 aromatic rings. The summed E-state index contributed by atoms with van der Waals surface area (Å²) in [5.41, 5.74) is 6.21. The summed E-state index contributed by atoms with van der Waals surface area (Å²) in [6.45, 7) is 0.419. The van der Waals surface area contributed by atoms with Gasteiger partial charge >= 0.3 is 6.18 Å². The number of nitrogens with one attached hydrogen (secondary N) is 1. The lowest BCUT2D eigenvalue weighted by atomic mass is 10.0. The molecular weight excluding hydrogens is 596 g/mol. The number of nitrogen functional groups attached to an aromatic ring is 1. The minimum Gasteiger partial charge on any atom is -0.497 e. The van der Waals surface area contributed by atoms with Crippen molar-refractivity contribution in [2.45, 2.75) is 12.7 Å². The summed E-state index contributed by atoms with van der Waals surface area (Å²) in [6, 6.07) is 13.5. The maximum Gasteiger partial charge on any atom is 0.435 e. The van der Waals surface area contributed by atoms with E-state index in [0.717, 1.165) is 10.1 Å². The first-order valence-corrected chi connectivity index (χ1v) is 13.2. The average molecular weight is 619 g/mol. The molecule has 1 aliphatic heterocycles. The van der Waals surface area contributed by atoms with Gasteiger partial charge in [-0.1, -0.05) is 35.3 Å². The largest absolute Gasteiger partial charge is 0.497 e. The van der Waals surface area contributed by atoms with Crippen LogP contribution in [0.4, 0.5) is 36.1 Å². The van der Waals surface area contributed by atoms with E-state index in [-0.39, 0.29) is 57.6 Å². The number of fused-ring (bicyclic) bond motifs is 1. The van der Waals surface area contributed by atoms with Crippen molar-refractivity contribution in [3.8, 4) is 11.8 Å². The molecule has 3 heterocycles. The molecule has 42 heavy (non-hydrogen) atoms. The van der Waals surface area contributed by atoms with E-state index in [1.807, 2.05) is 0 Å². The number of carbonyl (C=O) groups is 1. The molecule has 1 aliphatic rings. The molecule has 5 rings (SSSR count). The molecule has 0 aliphatic carbocycles. The van der Waals surface area contributed by atoms with Gasteiger partial charge in [-0.05, 0) is 29.8 Å². The second kappa shape index (κ2) is 11.5. The summed E-state index contributed by atoms with van der Waals surface area (Å²) in [6.07, 6.45) is -4.04. The molecule has 0 spiro atoms. The highest BCUT2D eigenvalue weighted by Gasteiger charge is 2.37. The first-order chi connectivity index (χ1) is 20.0. The van der Waals surface area contributed by atoms with Crippen molar-refractivity contribution in [3.63, 3.8) is 0 Å². The number of methoxy groups -OCH3 is 1. The Labute approximate surface area is 248 Å². The SMILES string of the molecule is COc1ccc(CN(CC(=O)Nc2cc(Cl)c(Cl)cc2N)c2cc(N3CC(C#N)C3)nn3c(C(F)(F)F)cnc23)cc1. The van der Waals surface area contributed by atoms with Gasteiger partial charge < -0.3 is 25.6 Å². The number of benzene rings is 2. The summed E-state index contributed by atoms with van der Waals surface area (Å²) >= 11 is 12.1. The molecule has 10 nitrogen and oxygen atoms in total. The molecule has 1 saturated heterocycles. The Morgan fingerprint density at radius 2 is 1.90 bits per heavy atom. The van der Waals surface area contributed by atoms with Crippen LogP contribution in [0.2, 0.25) is 10.0 Å². The topological polar surface area (TPSA) is 125 Å².